The van der Waals surface area contributed by atoms with Crippen LogP contribution in [0.15, 0.2) is 6.07 Å². The smallest absolute Gasteiger partial charge is 0.269 e. The van der Waals surface area contributed by atoms with Gasteiger partial charge in [0.1, 0.15) is 5.69 Å². The third-order valence-corrected chi connectivity index (χ3v) is 2.89. The molecule has 1 unspecified atom stereocenters. The molecule has 1 aromatic heterocycles. The Hall–Kier alpha value is -1.83. The fraction of sp³-hybridized carbons (Fsp3) is 0.615. The summed E-state index contributed by atoms with van der Waals surface area (Å²) in [4.78, 5) is 12.1. The first-order chi connectivity index (χ1) is 8.65. The predicted octanol–water partition coefficient (Wildman–Crippen LogP) is 1.89. The number of hydrogen-bond acceptors (Lipinski definition) is 3. The molecule has 0 spiro atoms. The average Bonchev–Trinajstić information content (AvgIpc) is 2.81. The number of nitrogens with one attached hydrogen (secondary N) is 1. The van der Waals surface area contributed by atoms with Gasteiger partial charge in [-0.25, -0.2) is 0 Å². The topological polar surface area (TPSA) is 70.7 Å². The lowest BCUT2D eigenvalue weighted by atomic mass is 10.1. The normalized spacial score (nSPS) is 11.9. The minimum Gasteiger partial charge on any atom is -0.347 e. The summed E-state index contributed by atoms with van der Waals surface area (Å²) in [6.45, 7) is 6.58. The second-order valence-electron chi connectivity index (χ2n) is 4.13. The van der Waals surface area contributed by atoms with Crippen molar-refractivity contribution in [1.29, 1.82) is 5.26 Å². The molecule has 0 aromatic carbocycles. The van der Waals surface area contributed by atoms with Crippen molar-refractivity contribution in [1.82, 2.24) is 15.1 Å². The summed E-state index contributed by atoms with van der Waals surface area (Å²) in [5.41, 5.74) is 1.49. The largest absolute Gasteiger partial charge is 0.347 e. The third kappa shape index (κ3) is 3.33. The number of hydrogen-bond donors (Lipinski definition) is 1. The van der Waals surface area contributed by atoms with Gasteiger partial charge in [-0.1, -0.05) is 13.8 Å². The van der Waals surface area contributed by atoms with E-state index in [0.717, 1.165) is 18.5 Å². The second kappa shape index (κ2) is 6.80. The van der Waals surface area contributed by atoms with E-state index in [2.05, 4.69) is 16.5 Å². The summed E-state index contributed by atoms with van der Waals surface area (Å²) in [6.07, 6.45) is 1.89. The van der Waals surface area contributed by atoms with Gasteiger partial charge in [-0.05, 0) is 25.8 Å². The molecule has 98 valence electrons. The Morgan fingerprint density at radius 3 is 2.78 bits per heavy atom. The van der Waals surface area contributed by atoms with E-state index < -0.39 is 0 Å². The molecule has 1 aromatic rings. The summed E-state index contributed by atoms with van der Waals surface area (Å²) < 4.78 is 1.70. The fourth-order valence-electron chi connectivity index (χ4n) is 1.73. The molecule has 1 N–H and O–H groups in total. The van der Waals surface area contributed by atoms with Crippen molar-refractivity contribution in [2.24, 2.45) is 0 Å². The van der Waals surface area contributed by atoms with Gasteiger partial charge in [0, 0.05) is 12.6 Å². The Bertz CT molecular complexity index is 444. The van der Waals surface area contributed by atoms with Gasteiger partial charge in [-0.2, -0.15) is 10.4 Å². The predicted molar refractivity (Wildman–Crippen MR) is 69.1 cm³/mol. The molecular weight excluding hydrogens is 228 g/mol. The highest BCUT2D eigenvalue weighted by Crippen LogP contribution is 2.07. The molecule has 1 amide bonds. The van der Waals surface area contributed by atoms with Crippen LogP contribution in [0.4, 0.5) is 0 Å². The molecule has 5 nitrogen and oxygen atoms in total. The highest BCUT2D eigenvalue weighted by molar-refractivity contribution is 5.92. The van der Waals surface area contributed by atoms with E-state index in [0.29, 0.717) is 18.7 Å². The van der Waals surface area contributed by atoms with Gasteiger partial charge in [0.15, 0.2) is 0 Å². The Morgan fingerprint density at radius 1 is 1.56 bits per heavy atom. The summed E-state index contributed by atoms with van der Waals surface area (Å²) in [5, 5.41) is 15.9. The van der Waals surface area contributed by atoms with Crippen molar-refractivity contribution >= 4 is 5.91 Å². The number of aromatic nitrogens is 2. The van der Waals surface area contributed by atoms with Crippen LogP contribution >= 0.6 is 0 Å². The zero-order chi connectivity index (χ0) is 13.5. The van der Waals surface area contributed by atoms with Gasteiger partial charge >= 0.3 is 0 Å². The highest BCUT2D eigenvalue weighted by atomic mass is 16.2. The Kier molecular flexibility index (Phi) is 5.37. The van der Waals surface area contributed by atoms with Crippen LogP contribution in [0.3, 0.4) is 0 Å². The maximum atomic E-state index is 12.1. The van der Waals surface area contributed by atoms with Crippen molar-refractivity contribution in [3.8, 4) is 6.07 Å². The van der Waals surface area contributed by atoms with Gasteiger partial charge in [0.05, 0.1) is 18.2 Å². The first kappa shape index (κ1) is 14.2. The van der Waals surface area contributed by atoms with Crippen LogP contribution in [0.2, 0.25) is 0 Å². The first-order valence-corrected chi connectivity index (χ1v) is 6.40. The molecule has 0 bridgehead atoms. The molecular formula is C13H20N4O. The quantitative estimate of drug-likeness (QED) is 0.835. The van der Waals surface area contributed by atoms with Gasteiger partial charge in [-0.3, -0.25) is 9.48 Å². The van der Waals surface area contributed by atoms with E-state index >= 15 is 0 Å². The summed E-state index contributed by atoms with van der Waals surface area (Å²) >= 11 is 0. The maximum absolute atomic E-state index is 12.1. The zero-order valence-electron chi connectivity index (χ0n) is 11.2. The van der Waals surface area contributed by atoms with E-state index in [1.165, 1.54) is 0 Å². The van der Waals surface area contributed by atoms with Crippen LogP contribution in [-0.4, -0.2) is 21.7 Å². The van der Waals surface area contributed by atoms with Crippen molar-refractivity contribution in [3.63, 3.8) is 0 Å². The molecule has 5 heteroatoms. The number of nitrogens with zero attached hydrogens (tertiary/aromatic N) is 3. The SMILES string of the molecule is CCc1cc(C(=O)NC(CC)CC#N)n(CC)n1. The summed E-state index contributed by atoms with van der Waals surface area (Å²) in [6, 6.07) is 3.81. The minimum absolute atomic E-state index is 0.0900. The highest BCUT2D eigenvalue weighted by Gasteiger charge is 2.16. The fourth-order valence-corrected chi connectivity index (χ4v) is 1.73. The average molecular weight is 248 g/mol. The van der Waals surface area contributed by atoms with Crippen molar-refractivity contribution in [2.45, 2.75) is 52.6 Å². The van der Waals surface area contributed by atoms with E-state index in [1.54, 1.807) is 4.68 Å². The molecule has 0 aliphatic rings. The van der Waals surface area contributed by atoms with Crippen LogP contribution in [0.25, 0.3) is 0 Å². The van der Waals surface area contributed by atoms with E-state index in [4.69, 9.17) is 5.26 Å². The molecule has 18 heavy (non-hydrogen) atoms. The maximum Gasteiger partial charge on any atom is 0.269 e. The lowest BCUT2D eigenvalue weighted by Gasteiger charge is -2.13. The molecule has 0 aliphatic heterocycles. The number of aryl methyl sites for hydroxylation is 2. The monoisotopic (exact) mass is 248 g/mol. The lowest BCUT2D eigenvalue weighted by molar-refractivity contribution is 0.0926. The molecule has 0 saturated carbocycles. The minimum atomic E-state index is -0.147. The number of rotatable bonds is 6. The van der Waals surface area contributed by atoms with Crippen molar-refractivity contribution in [2.75, 3.05) is 0 Å². The zero-order valence-corrected chi connectivity index (χ0v) is 11.2. The van der Waals surface area contributed by atoms with Crippen LogP contribution < -0.4 is 5.32 Å². The van der Waals surface area contributed by atoms with Crippen LogP contribution in [-0.2, 0) is 13.0 Å². The van der Waals surface area contributed by atoms with E-state index in [1.807, 2.05) is 26.8 Å². The number of carbonyl (C=O) groups is 1. The molecule has 1 heterocycles. The van der Waals surface area contributed by atoms with Crippen LogP contribution in [0.1, 0.15) is 49.8 Å². The first-order valence-electron chi connectivity index (χ1n) is 6.40. The Labute approximate surface area is 108 Å². The van der Waals surface area contributed by atoms with Crippen molar-refractivity contribution in [3.05, 3.63) is 17.5 Å². The molecule has 1 rings (SSSR count). The molecule has 0 aliphatic carbocycles. The van der Waals surface area contributed by atoms with Crippen LogP contribution in [0, 0.1) is 11.3 Å². The van der Waals surface area contributed by atoms with E-state index in [-0.39, 0.29) is 11.9 Å². The Morgan fingerprint density at radius 2 is 2.28 bits per heavy atom. The molecule has 1 atom stereocenters. The number of amides is 1. The molecule has 0 saturated heterocycles. The molecule has 0 radical (unpaired) electrons. The van der Waals surface area contributed by atoms with Gasteiger partial charge in [0.25, 0.3) is 5.91 Å². The molecule has 0 fully saturated rings. The van der Waals surface area contributed by atoms with Gasteiger partial charge in [0.2, 0.25) is 0 Å². The van der Waals surface area contributed by atoms with Crippen LogP contribution in [0.5, 0.6) is 0 Å². The summed E-state index contributed by atoms with van der Waals surface area (Å²) in [7, 11) is 0. The number of nitriles is 1. The van der Waals surface area contributed by atoms with Crippen molar-refractivity contribution < 1.29 is 4.79 Å². The summed E-state index contributed by atoms with van der Waals surface area (Å²) in [5.74, 6) is -0.147. The van der Waals surface area contributed by atoms with E-state index in [9.17, 15) is 4.79 Å². The van der Waals surface area contributed by atoms with Gasteiger partial charge in [-0.15, -0.1) is 0 Å². The Balaban J connectivity index is 2.83. The van der Waals surface area contributed by atoms with Gasteiger partial charge < -0.3 is 5.32 Å². The lowest BCUT2D eigenvalue weighted by Crippen LogP contribution is -2.35. The standard InChI is InChI=1S/C13H20N4O/c1-4-10(7-8-14)15-13(18)12-9-11(5-2)16-17(12)6-3/h9-10H,4-7H2,1-3H3,(H,15,18). The second-order valence-corrected chi connectivity index (χ2v) is 4.13. The number of carbonyl (C=O) groups excluding carboxylic acids is 1. The third-order valence-electron chi connectivity index (χ3n) is 2.89.